The van der Waals surface area contributed by atoms with E-state index in [-0.39, 0.29) is 5.78 Å². The SMILES string of the molecule is CCCCc1nc2ncc(F)cn2c1C(=O)c1cc(Br)c(OCCCN2CCOCC2)c(Br)c1. The number of carbonyl (C=O) groups excluding carboxylic acids is 1. The fourth-order valence-corrected chi connectivity index (χ4v) is 5.38. The van der Waals surface area contributed by atoms with Crippen LogP contribution in [0.4, 0.5) is 4.39 Å². The van der Waals surface area contributed by atoms with E-state index in [1.807, 2.05) is 0 Å². The number of unbranched alkanes of at least 4 members (excludes halogenated alkanes) is 1. The van der Waals surface area contributed by atoms with E-state index >= 15 is 0 Å². The molecular weight excluding hydrogens is 571 g/mol. The van der Waals surface area contributed by atoms with E-state index in [2.05, 4.69) is 53.7 Å². The van der Waals surface area contributed by atoms with Crippen molar-refractivity contribution in [2.75, 3.05) is 39.5 Å². The molecular formula is C24H27Br2FN4O3. The van der Waals surface area contributed by atoms with Crippen molar-refractivity contribution in [3.63, 3.8) is 0 Å². The summed E-state index contributed by atoms with van der Waals surface area (Å²) in [6, 6.07) is 3.47. The number of halogens is 3. The van der Waals surface area contributed by atoms with Crippen LogP contribution in [0, 0.1) is 5.82 Å². The maximum atomic E-state index is 13.9. The highest BCUT2D eigenvalue weighted by Crippen LogP contribution is 2.36. The average molecular weight is 598 g/mol. The maximum Gasteiger partial charge on any atom is 0.234 e. The van der Waals surface area contributed by atoms with Crippen LogP contribution >= 0.6 is 31.9 Å². The van der Waals surface area contributed by atoms with Crippen molar-refractivity contribution in [3.8, 4) is 5.75 Å². The van der Waals surface area contributed by atoms with Gasteiger partial charge in [0.1, 0.15) is 11.4 Å². The zero-order chi connectivity index (χ0) is 24.1. The van der Waals surface area contributed by atoms with Gasteiger partial charge in [-0.25, -0.2) is 14.4 Å². The van der Waals surface area contributed by atoms with Gasteiger partial charge in [0.05, 0.1) is 46.9 Å². The van der Waals surface area contributed by atoms with Gasteiger partial charge >= 0.3 is 0 Å². The van der Waals surface area contributed by atoms with Gasteiger partial charge in [0.2, 0.25) is 11.6 Å². The van der Waals surface area contributed by atoms with Gasteiger partial charge in [0.25, 0.3) is 0 Å². The molecule has 1 fully saturated rings. The normalized spacial score (nSPS) is 14.6. The zero-order valence-corrected chi connectivity index (χ0v) is 22.2. The first-order valence-corrected chi connectivity index (χ1v) is 13.1. The molecule has 4 rings (SSSR count). The summed E-state index contributed by atoms with van der Waals surface area (Å²) in [7, 11) is 0. The average Bonchev–Trinajstić information content (AvgIpc) is 3.19. The van der Waals surface area contributed by atoms with Crippen LogP contribution in [0.25, 0.3) is 5.78 Å². The minimum absolute atomic E-state index is 0.244. The topological polar surface area (TPSA) is 69.0 Å². The molecule has 1 aromatic carbocycles. The molecule has 2 aromatic heterocycles. The number of aryl methyl sites for hydroxylation is 1. The van der Waals surface area contributed by atoms with Crippen molar-refractivity contribution in [1.29, 1.82) is 0 Å². The number of ether oxygens (including phenoxy) is 2. The lowest BCUT2D eigenvalue weighted by Crippen LogP contribution is -2.37. The van der Waals surface area contributed by atoms with E-state index < -0.39 is 5.82 Å². The number of carbonyl (C=O) groups is 1. The molecule has 0 saturated carbocycles. The van der Waals surface area contributed by atoms with Crippen molar-refractivity contribution in [2.24, 2.45) is 0 Å². The first kappa shape index (κ1) is 25.2. The van der Waals surface area contributed by atoms with Crippen LogP contribution < -0.4 is 4.74 Å². The molecule has 182 valence electrons. The standard InChI is InChI=1S/C24H27Br2FN4O3/c1-2-3-5-20-21(31-15-17(27)14-28-24(31)29-20)22(32)16-12-18(25)23(19(26)13-16)34-9-4-6-30-7-10-33-11-8-30/h12-15H,2-11H2,1H3. The Morgan fingerprint density at radius 1 is 1.21 bits per heavy atom. The summed E-state index contributed by atoms with van der Waals surface area (Å²) in [5, 5.41) is 0. The number of fused-ring (bicyclic) bond motifs is 1. The van der Waals surface area contributed by atoms with Crippen molar-refractivity contribution >= 4 is 43.4 Å². The van der Waals surface area contributed by atoms with E-state index in [4.69, 9.17) is 9.47 Å². The zero-order valence-electron chi connectivity index (χ0n) is 19.0. The number of imidazole rings is 1. The summed E-state index contributed by atoms with van der Waals surface area (Å²) in [4.78, 5) is 24.5. The Morgan fingerprint density at radius 3 is 2.65 bits per heavy atom. The van der Waals surface area contributed by atoms with E-state index in [1.165, 1.54) is 10.6 Å². The van der Waals surface area contributed by atoms with Crippen LogP contribution in [0.1, 0.15) is 47.9 Å². The number of hydrogen-bond acceptors (Lipinski definition) is 6. The molecule has 0 spiro atoms. The van der Waals surface area contributed by atoms with Crippen LogP contribution in [0.2, 0.25) is 0 Å². The van der Waals surface area contributed by atoms with E-state index in [9.17, 15) is 9.18 Å². The van der Waals surface area contributed by atoms with Crippen LogP contribution in [0.3, 0.4) is 0 Å². The summed E-state index contributed by atoms with van der Waals surface area (Å²) in [5.74, 6) is 0.195. The predicted octanol–water partition coefficient (Wildman–Crippen LogP) is 5.07. The summed E-state index contributed by atoms with van der Waals surface area (Å²) in [6.07, 6.45) is 5.71. The third-order valence-corrected chi connectivity index (χ3v) is 6.91. The molecule has 7 nitrogen and oxygen atoms in total. The molecule has 0 unspecified atom stereocenters. The lowest BCUT2D eigenvalue weighted by molar-refractivity contribution is 0.0357. The molecule has 1 aliphatic rings. The van der Waals surface area contributed by atoms with Gasteiger partial charge in [-0.3, -0.25) is 14.1 Å². The minimum Gasteiger partial charge on any atom is -0.491 e. The number of hydrogen-bond donors (Lipinski definition) is 0. The van der Waals surface area contributed by atoms with Crippen LogP contribution in [-0.4, -0.2) is 64.5 Å². The second-order valence-corrected chi connectivity index (χ2v) is 9.92. The van der Waals surface area contributed by atoms with Gasteiger partial charge < -0.3 is 9.47 Å². The van der Waals surface area contributed by atoms with Gasteiger partial charge in [-0.2, -0.15) is 0 Å². The minimum atomic E-state index is -0.524. The van der Waals surface area contributed by atoms with Crippen molar-refractivity contribution in [3.05, 3.63) is 56.2 Å². The summed E-state index contributed by atoms with van der Waals surface area (Å²) in [5.41, 5.74) is 1.41. The Labute approximate surface area is 214 Å². The largest absolute Gasteiger partial charge is 0.491 e. The lowest BCUT2D eigenvalue weighted by atomic mass is 10.0. The van der Waals surface area contributed by atoms with Crippen molar-refractivity contribution in [2.45, 2.75) is 32.6 Å². The molecule has 10 heteroatoms. The number of aromatic nitrogens is 3. The number of ketones is 1. The molecule has 0 aliphatic carbocycles. The quantitative estimate of drug-likeness (QED) is 0.240. The highest BCUT2D eigenvalue weighted by molar-refractivity contribution is 9.11. The van der Waals surface area contributed by atoms with Crippen molar-refractivity contribution < 1.29 is 18.7 Å². The highest BCUT2D eigenvalue weighted by Gasteiger charge is 2.23. The maximum absolute atomic E-state index is 13.9. The van der Waals surface area contributed by atoms with Crippen molar-refractivity contribution in [1.82, 2.24) is 19.3 Å². The highest BCUT2D eigenvalue weighted by atomic mass is 79.9. The van der Waals surface area contributed by atoms with Gasteiger partial charge in [-0.1, -0.05) is 13.3 Å². The molecule has 3 heterocycles. The predicted molar refractivity (Wildman–Crippen MR) is 134 cm³/mol. The smallest absolute Gasteiger partial charge is 0.234 e. The van der Waals surface area contributed by atoms with Crippen LogP contribution in [0.5, 0.6) is 5.75 Å². The number of rotatable bonds is 10. The number of benzene rings is 1. The van der Waals surface area contributed by atoms with Gasteiger partial charge in [0, 0.05) is 25.2 Å². The lowest BCUT2D eigenvalue weighted by Gasteiger charge is -2.26. The monoisotopic (exact) mass is 596 g/mol. The Hall–Kier alpha value is -1.88. The van der Waals surface area contributed by atoms with Gasteiger partial charge in [0.15, 0.2) is 5.82 Å². The third-order valence-electron chi connectivity index (χ3n) is 5.73. The first-order chi connectivity index (χ1) is 16.5. The molecule has 0 N–H and O–H groups in total. The number of morpholine rings is 1. The Bertz CT molecular complexity index is 1140. The summed E-state index contributed by atoms with van der Waals surface area (Å²) < 4.78 is 28.1. The molecule has 0 atom stereocenters. The third kappa shape index (κ3) is 5.84. The van der Waals surface area contributed by atoms with E-state index in [0.717, 1.165) is 58.3 Å². The first-order valence-electron chi connectivity index (χ1n) is 11.5. The van der Waals surface area contributed by atoms with E-state index in [0.29, 0.717) is 50.5 Å². The van der Waals surface area contributed by atoms with Crippen LogP contribution in [-0.2, 0) is 11.2 Å². The fraction of sp³-hybridized carbons (Fsp3) is 0.458. The Morgan fingerprint density at radius 2 is 1.94 bits per heavy atom. The second-order valence-electron chi connectivity index (χ2n) is 8.21. The molecule has 0 bridgehead atoms. The molecule has 0 amide bonds. The second kappa shape index (κ2) is 11.7. The molecule has 3 aromatic rings. The molecule has 1 aliphatic heterocycles. The van der Waals surface area contributed by atoms with E-state index in [1.54, 1.807) is 12.1 Å². The van der Waals surface area contributed by atoms with Gasteiger partial charge in [-0.15, -0.1) is 0 Å². The summed E-state index contributed by atoms with van der Waals surface area (Å²) >= 11 is 7.10. The Balaban J connectivity index is 1.52. The molecule has 34 heavy (non-hydrogen) atoms. The number of nitrogens with zero attached hydrogens (tertiary/aromatic N) is 4. The molecule has 1 saturated heterocycles. The Kier molecular flexibility index (Phi) is 8.68. The van der Waals surface area contributed by atoms with Crippen LogP contribution in [0.15, 0.2) is 33.5 Å². The molecule has 0 radical (unpaired) electrons. The van der Waals surface area contributed by atoms with Gasteiger partial charge in [-0.05, 0) is 63.3 Å². The summed E-state index contributed by atoms with van der Waals surface area (Å²) in [6.45, 7) is 7.05. The fourth-order valence-electron chi connectivity index (χ4n) is 3.97.